The molecule has 1 aromatic rings. The Kier molecular flexibility index (Phi) is 3.79. The molecule has 1 amide bonds. The number of hydrogen-bond donors (Lipinski definition) is 2. The third-order valence-corrected chi connectivity index (χ3v) is 3.21. The van der Waals surface area contributed by atoms with Crippen LogP contribution in [0, 0.1) is 0 Å². The molecule has 3 N–H and O–H groups in total. The van der Waals surface area contributed by atoms with Crippen molar-refractivity contribution in [3.05, 3.63) is 35.4 Å². The summed E-state index contributed by atoms with van der Waals surface area (Å²) in [7, 11) is 0. The van der Waals surface area contributed by atoms with Crippen LogP contribution >= 0.6 is 0 Å². The first-order valence-corrected chi connectivity index (χ1v) is 6.29. The molecule has 0 aromatic heterocycles. The average molecular weight is 232 g/mol. The summed E-state index contributed by atoms with van der Waals surface area (Å²) < 4.78 is 0. The third kappa shape index (κ3) is 3.07. The van der Waals surface area contributed by atoms with Crippen LogP contribution in [-0.2, 0) is 11.2 Å². The second kappa shape index (κ2) is 5.32. The summed E-state index contributed by atoms with van der Waals surface area (Å²) in [4.78, 5) is 11.7. The lowest BCUT2D eigenvalue weighted by Crippen LogP contribution is -2.34. The molecular formula is C14H20N2O. The number of benzene rings is 1. The van der Waals surface area contributed by atoms with E-state index in [4.69, 9.17) is 5.73 Å². The number of rotatable bonds is 3. The molecule has 0 radical (unpaired) electrons. The Labute approximate surface area is 102 Å². The van der Waals surface area contributed by atoms with Gasteiger partial charge < -0.3 is 11.1 Å². The van der Waals surface area contributed by atoms with Crippen LogP contribution in [0.5, 0.6) is 0 Å². The van der Waals surface area contributed by atoms with E-state index in [1.54, 1.807) is 0 Å². The molecule has 3 heteroatoms. The highest BCUT2D eigenvalue weighted by atomic mass is 16.1. The third-order valence-electron chi connectivity index (χ3n) is 3.21. The molecular weight excluding hydrogens is 212 g/mol. The van der Waals surface area contributed by atoms with Crippen molar-refractivity contribution in [2.75, 3.05) is 0 Å². The minimum atomic E-state index is -0.0752. The zero-order valence-corrected chi connectivity index (χ0v) is 10.3. The lowest BCUT2D eigenvalue weighted by molar-refractivity contribution is -0.122. The topological polar surface area (TPSA) is 55.1 Å². The molecule has 1 aliphatic carbocycles. The minimum absolute atomic E-state index is 0.0571. The molecule has 17 heavy (non-hydrogen) atoms. The molecule has 92 valence electrons. The molecule has 3 nitrogen and oxygen atoms in total. The van der Waals surface area contributed by atoms with Crippen LogP contribution < -0.4 is 11.1 Å². The zero-order chi connectivity index (χ0) is 12.3. The van der Waals surface area contributed by atoms with E-state index >= 15 is 0 Å². The number of nitrogens with two attached hydrogens (primary N) is 1. The van der Waals surface area contributed by atoms with E-state index in [0.717, 1.165) is 19.3 Å². The molecule has 0 saturated heterocycles. The van der Waals surface area contributed by atoms with Crippen LogP contribution in [0.3, 0.4) is 0 Å². The molecule has 0 saturated carbocycles. The predicted molar refractivity (Wildman–Crippen MR) is 68.5 cm³/mol. The maximum Gasteiger partial charge on any atom is 0.222 e. The Morgan fingerprint density at radius 2 is 2.29 bits per heavy atom. The van der Waals surface area contributed by atoms with Gasteiger partial charge in [-0.25, -0.2) is 0 Å². The summed E-state index contributed by atoms with van der Waals surface area (Å²) in [5.41, 5.74) is 8.27. The van der Waals surface area contributed by atoms with Gasteiger partial charge in [-0.1, -0.05) is 24.3 Å². The molecule has 0 heterocycles. The summed E-state index contributed by atoms with van der Waals surface area (Å²) in [5.74, 6) is 0.0571. The van der Waals surface area contributed by atoms with Gasteiger partial charge in [0.05, 0.1) is 6.04 Å². The number of aryl methyl sites for hydroxylation is 1. The predicted octanol–water partition coefficient (Wildman–Crippen LogP) is 1.92. The van der Waals surface area contributed by atoms with E-state index in [0.29, 0.717) is 6.42 Å². The molecule has 0 spiro atoms. The van der Waals surface area contributed by atoms with Crippen LogP contribution in [0.2, 0.25) is 0 Å². The minimum Gasteiger partial charge on any atom is -0.349 e. The normalized spacial score (nSPS) is 20.5. The Balaban J connectivity index is 2.06. The average Bonchev–Trinajstić information content (AvgIpc) is 2.28. The quantitative estimate of drug-likeness (QED) is 0.836. The van der Waals surface area contributed by atoms with E-state index in [9.17, 15) is 4.79 Å². The van der Waals surface area contributed by atoms with Crippen molar-refractivity contribution < 1.29 is 4.79 Å². The molecule has 2 unspecified atom stereocenters. The number of hydrogen-bond acceptors (Lipinski definition) is 2. The molecule has 1 aromatic carbocycles. The van der Waals surface area contributed by atoms with E-state index < -0.39 is 0 Å². The first-order valence-electron chi connectivity index (χ1n) is 6.29. The zero-order valence-electron chi connectivity index (χ0n) is 10.3. The second-order valence-electron chi connectivity index (χ2n) is 4.89. The fourth-order valence-electron chi connectivity index (χ4n) is 2.45. The van der Waals surface area contributed by atoms with Crippen LogP contribution in [-0.4, -0.2) is 11.9 Å². The lowest BCUT2D eigenvalue weighted by atomic mass is 9.87. The van der Waals surface area contributed by atoms with Gasteiger partial charge >= 0.3 is 0 Å². The number of carbonyl (C=O) groups is 1. The largest absolute Gasteiger partial charge is 0.349 e. The maximum absolute atomic E-state index is 11.7. The van der Waals surface area contributed by atoms with E-state index in [-0.39, 0.29) is 18.0 Å². The van der Waals surface area contributed by atoms with Gasteiger partial charge in [-0.15, -0.1) is 0 Å². The number of carbonyl (C=O) groups excluding carboxylic acids is 1. The molecule has 0 bridgehead atoms. The summed E-state index contributed by atoms with van der Waals surface area (Å²) in [6.45, 7) is 1.86. The van der Waals surface area contributed by atoms with Crippen molar-refractivity contribution in [2.24, 2.45) is 5.73 Å². The smallest absolute Gasteiger partial charge is 0.222 e. The van der Waals surface area contributed by atoms with Crippen molar-refractivity contribution in [3.63, 3.8) is 0 Å². The summed E-state index contributed by atoms with van der Waals surface area (Å²) >= 11 is 0. The van der Waals surface area contributed by atoms with Crippen molar-refractivity contribution in [1.29, 1.82) is 0 Å². The number of amides is 1. The van der Waals surface area contributed by atoms with Gasteiger partial charge in [0.2, 0.25) is 5.91 Å². The first-order chi connectivity index (χ1) is 8.16. The molecule has 2 atom stereocenters. The SMILES string of the molecule is CC(N)CC(=O)NC1CCCc2ccccc21. The number of nitrogens with one attached hydrogen (secondary N) is 1. The fraction of sp³-hybridized carbons (Fsp3) is 0.500. The summed E-state index contributed by atoms with van der Waals surface area (Å²) in [6.07, 6.45) is 3.69. The van der Waals surface area contributed by atoms with E-state index in [1.165, 1.54) is 11.1 Å². The Morgan fingerprint density at radius 3 is 3.06 bits per heavy atom. The Morgan fingerprint density at radius 1 is 1.53 bits per heavy atom. The molecule has 0 fully saturated rings. The van der Waals surface area contributed by atoms with Gasteiger partial charge in [0.1, 0.15) is 0 Å². The van der Waals surface area contributed by atoms with Crippen LogP contribution in [0.4, 0.5) is 0 Å². The highest BCUT2D eigenvalue weighted by Gasteiger charge is 2.21. The summed E-state index contributed by atoms with van der Waals surface area (Å²) in [6, 6.07) is 8.46. The molecule has 2 rings (SSSR count). The van der Waals surface area contributed by atoms with E-state index in [2.05, 4.69) is 23.5 Å². The lowest BCUT2D eigenvalue weighted by Gasteiger charge is -2.26. The molecule has 0 aliphatic heterocycles. The van der Waals surface area contributed by atoms with Crippen molar-refractivity contribution in [3.8, 4) is 0 Å². The van der Waals surface area contributed by atoms with Gasteiger partial charge in [-0.2, -0.15) is 0 Å². The Hall–Kier alpha value is -1.35. The summed E-state index contributed by atoms with van der Waals surface area (Å²) in [5, 5.41) is 3.09. The van der Waals surface area contributed by atoms with Gasteiger partial charge in [0, 0.05) is 12.5 Å². The van der Waals surface area contributed by atoms with Crippen molar-refractivity contribution in [2.45, 2.75) is 44.7 Å². The maximum atomic E-state index is 11.7. The van der Waals surface area contributed by atoms with Gasteiger partial charge in [-0.05, 0) is 37.3 Å². The van der Waals surface area contributed by atoms with Crippen LogP contribution in [0.15, 0.2) is 24.3 Å². The fourth-order valence-corrected chi connectivity index (χ4v) is 2.45. The number of fused-ring (bicyclic) bond motifs is 1. The van der Waals surface area contributed by atoms with Gasteiger partial charge in [0.15, 0.2) is 0 Å². The van der Waals surface area contributed by atoms with E-state index in [1.807, 2.05) is 13.0 Å². The molecule has 1 aliphatic rings. The van der Waals surface area contributed by atoms with Gasteiger partial charge in [0.25, 0.3) is 0 Å². The Bertz CT molecular complexity index is 401. The monoisotopic (exact) mass is 232 g/mol. The van der Waals surface area contributed by atoms with Gasteiger partial charge in [-0.3, -0.25) is 4.79 Å². The van der Waals surface area contributed by atoms with Crippen molar-refractivity contribution >= 4 is 5.91 Å². The standard InChI is InChI=1S/C14H20N2O/c1-10(15)9-14(17)16-13-8-4-6-11-5-2-3-7-12(11)13/h2-3,5,7,10,13H,4,6,8-9,15H2,1H3,(H,16,17). The van der Waals surface area contributed by atoms with Crippen LogP contribution in [0.25, 0.3) is 0 Å². The highest BCUT2D eigenvalue weighted by molar-refractivity contribution is 5.77. The van der Waals surface area contributed by atoms with Crippen LogP contribution in [0.1, 0.15) is 43.4 Å². The highest BCUT2D eigenvalue weighted by Crippen LogP contribution is 2.29. The second-order valence-corrected chi connectivity index (χ2v) is 4.89. The first kappa shape index (κ1) is 12.1. The van der Waals surface area contributed by atoms with Crippen molar-refractivity contribution in [1.82, 2.24) is 5.32 Å².